The first-order valence-electron chi connectivity index (χ1n) is 4.07. The van der Waals surface area contributed by atoms with E-state index in [1.807, 2.05) is 6.08 Å². The van der Waals surface area contributed by atoms with Crippen molar-refractivity contribution < 1.29 is 0 Å². The molecule has 1 nitrogen and oxygen atoms in total. The second-order valence-electron chi connectivity index (χ2n) is 2.32. The van der Waals surface area contributed by atoms with Crippen molar-refractivity contribution in [2.45, 2.75) is 24.5 Å². The Morgan fingerprint density at radius 1 is 1.42 bits per heavy atom. The third-order valence-electron chi connectivity index (χ3n) is 1.33. The summed E-state index contributed by atoms with van der Waals surface area (Å²) in [5.74, 6) is 0. The van der Waals surface area contributed by atoms with Crippen molar-refractivity contribution in [1.29, 1.82) is 5.26 Å². The molecule has 0 aromatic carbocycles. The molecule has 0 aliphatic rings. The predicted molar refractivity (Wildman–Crippen MR) is 55.4 cm³/mol. The number of hydrogen-bond acceptors (Lipinski definition) is 1. The van der Waals surface area contributed by atoms with Gasteiger partial charge in [-0.25, -0.2) is 0 Å². The van der Waals surface area contributed by atoms with Crippen LogP contribution in [0.5, 0.6) is 0 Å². The molecule has 0 amide bonds. The Labute approximate surface area is 81.0 Å². The van der Waals surface area contributed by atoms with E-state index in [0.717, 1.165) is 6.42 Å². The van der Waals surface area contributed by atoms with E-state index >= 15 is 0 Å². The van der Waals surface area contributed by atoms with Gasteiger partial charge >= 0.3 is 80.7 Å². The first-order valence-corrected chi connectivity index (χ1v) is 6.48. The molecule has 2 heteroatoms. The van der Waals surface area contributed by atoms with Crippen LogP contribution in [0.4, 0.5) is 0 Å². The van der Waals surface area contributed by atoms with Crippen molar-refractivity contribution in [2.75, 3.05) is 0 Å². The number of rotatable bonds is 6. The van der Waals surface area contributed by atoms with Crippen LogP contribution in [0.3, 0.4) is 0 Å². The molecule has 0 atom stereocenters. The summed E-state index contributed by atoms with van der Waals surface area (Å²) in [5.41, 5.74) is 0. The van der Waals surface area contributed by atoms with Crippen molar-refractivity contribution in [3.63, 3.8) is 0 Å². The van der Waals surface area contributed by atoms with Gasteiger partial charge in [-0.3, -0.25) is 0 Å². The molecule has 0 aliphatic carbocycles. The molecule has 0 rings (SSSR count). The van der Waals surface area contributed by atoms with Gasteiger partial charge in [0.2, 0.25) is 0 Å². The Balaban J connectivity index is 3.12. The van der Waals surface area contributed by atoms with E-state index in [1.165, 1.54) is 18.1 Å². The van der Waals surface area contributed by atoms with Crippen LogP contribution in [0.25, 0.3) is 0 Å². The fourth-order valence-electron chi connectivity index (χ4n) is 0.763. The molecule has 64 valence electrons. The van der Waals surface area contributed by atoms with Crippen molar-refractivity contribution >= 4 is 20.1 Å². The first kappa shape index (κ1) is 11.4. The maximum atomic E-state index is 8.23. The summed E-state index contributed by atoms with van der Waals surface area (Å²) < 4.78 is 0. The average Bonchev–Trinajstić information content (AvgIpc) is 2.10. The minimum atomic E-state index is 0.196. The quantitative estimate of drug-likeness (QED) is 0.385. The predicted octanol–water partition coefficient (Wildman–Crippen LogP) is 2.35. The molecular weight excluding hydrogens is 209 g/mol. The molecule has 0 saturated carbocycles. The van der Waals surface area contributed by atoms with Crippen LogP contribution in [0.1, 0.15) is 19.3 Å². The Morgan fingerprint density at radius 3 is 2.92 bits per heavy atom. The molecule has 0 unspecified atom stereocenters. The van der Waals surface area contributed by atoms with Gasteiger partial charge in [0, 0.05) is 0 Å². The summed E-state index contributed by atoms with van der Waals surface area (Å²) in [6.07, 6.45) is 9.54. The molecule has 0 aliphatic heterocycles. The van der Waals surface area contributed by atoms with E-state index in [1.54, 1.807) is 10.9 Å². The molecule has 0 N–H and O–H groups in total. The van der Waals surface area contributed by atoms with Gasteiger partial charge in [0.15, 0.2) is 0 Å². The van der Waals surface area contributed by atoms with Crippen LogP contribution in [-0.4, -0.2) is 20.1 Å². The molecule has 0 aromatic heterocycles. The zero-order chi connectivity index (χ0) is 9.07. The fourth-order valence-corrected chi connectivity index (χ4v) is 2.06. The van der Waals surface area contributed by atoms with Crippen LogP contribution >= 0.6 is 0 Å². The summed E-state index contributed by atoms with van der Waals surface area (Å²) in [5, 5.41) is 9.46. The van der Waals surface area contributed by atoms with Crippen LogP contribution in [0.15, 0.2) is 24.8 Å². The molecular formula is C10H14AsN. The number of allylic oxidation sites excluding steroid dienone is 3. The number of unbranched alkanes of at least 4 members (excludes halogenated alkanes) is 2. The SMILES string of the molecule is C=C/C=C/CCCC[As]=CC#N. The topological polar surface area (TPSA) is 23.8 Å². The van der Waals surface area contributed by atoms with E-state index in [2.05, 4.69) is 18.7 Å². The van der Waals surface area contributed by atoms with Crippen molar-refractivity contribution in [2.24, 2.45) is 0 Å². The van der Waals surface area contributed by atoms with Crippen LogP contribution in [0.2, 0.25) is 5.21 Å². The normalized spacial score (nSPS) is 10.6. The van der Waals surface area contributed by atoms with E-state index < -0.39 is 0 Å². The summed E-state index contributed by atoms with van der Waals surface area (Å²) in [7, 11) is 0. The molecule has 0 aromatic rings. The molecule has 0 radical (unpaired) electrons. The second-order valence-corrected chi connectivity index (χ2v) is 4.57. The summed E-state index contributed by atoms with van der Waals surface area (Å²) in [4.78, 5) is 1.76. The second kappa shape index (κ2) is 10.4. The zero-order valence-corrected chi connectivity index (χ0v) is 9.12. The van der Waals surface area contributed by atoms with Crippen LogP contribution in [0, 0.1) is 11.3 Å². The van der Waals surface area contributed by atoms with Gasteiger partial charge in [0.05, 0.1) is 0 Å². The number of hydrogen-bond donors (Lipinski definition) is 0. The molecule has 0 bridgehead atoms. The van der Waals surface area contributed by atoms with Crippen molar-refractivity contribution in [3.05, 3.63) is 24.8 Å². The van der Waals surface area contributed by atoms with Crippen molar-refractivity contribution in [3.8, 4) is 6.07 Å². The summed E-state index contributed by atoms with van der Waals surface area (Å²) in [6.45, 7) is 3.60. The van der Waals surface area contributed by atoms with Gasteiger partial charge in [-0.15, -0.1) is 0 Å². The molecule has 0 saturated heterocycles. The third-order valence-corrected chi connectivity index (χ3v) is 3.16. The summed E-state index contributed by atoms with van der Waals surface area (Å²) in [6, 6.07) is 2.07. The van der Waals surface area contributed by atoms with Crippen LogP contribution < -0.4 is 0 Å². The standard InChI is InChI=1S/C10H14AsN/c1-2-3-4-5-6-7-8-11-9-10-12/h2-4,9H,1,5-8H2/b4-3+. The number of nitriles is 1. The molecule has 12 heavy (non-hydrogen) atoms. The number of nitrogens with zero attached hydrogens (tertiary/aromatic N) is 1. The maximum absolute atomic E-state index is 8.23. The van der Waals surface area contributed by atoms with Crippen molar-refractivity contribution in [1.82, 2.24) is 0 Å². The monoisotopic (exact) mass is 223 g/mol. The Hall–Kier alpha value is -0.602. The van der Waals surface area contributed by atoms with Gasteiger partial charge in [-0.1, -0.05) is 0 Å². The first-order chi connectivity index (χ1) is 5.91. The van der Waals surface area contributed by atoms with Gasteiger partial charge < -0.3 is 0 Å². The van der Waals surface area contributed by atoms with Gasteiger partial charge in [-0.2, -0.15) is 0 Å². The molecule has 0 fully saturated rings. The Morgan fingerprint density at radius 2 is 2.25 bits per heavy atom. The average molecular weight is 223 g/mol. The van der Waals surface area contributed by atoms with E-state index in [4.69, 9.17) is 5.26 Å². The molecule has 0 spiro atoms. The zero-order valence-electron chi connectivity index (χ0n) is 7.24. The third kappa shape index (κ3) is 9.40. The van der Waals surface area contributed by atoms with Crippen LogP contribution in [-0.2, 0) is 0 Å². The minimum absolute atomic E-state index is 0.196. The fraction of sp³-hybridized carbons (Fsp3) is 0.400. The van der Waals surface area contributed by atoms with E-state index in [9.17, 15) is 0 Å². The van der Waals surface area contributed by atoms with E-state index in [-0.39, 0.29) is 15.3 Å². The Kier molecular flexibility index (Phi) is 9.88. The van der Waals surface area contributed by atoms with Gasteiger partial charge in [-0.05, 0) is 0 Å². The van der Waals surface area contributed by atoms with Gasteiger partial charge in [0.1, 0.15) is 0 Å². The van der Waals surface area contributed by atoms with Gasteiger partial charge in [0.25, 0.3) is 0 Å². The van der Waals surface area contributed by atoms with E-state index in [0.29, 0.717) is 0 Å². The molecule has 0 heterocycles. The Bertz CT molecular complexity index is 198. The summed E-state index contributed by atoms with van der Waals surface area (Å²) >= 11 is 0.196.